The van der Waals surface area contributed by atoms with Crippen molar-refractivity contribution in [2.45, 2.75) is 65.3 Å². The summed E-state index contributed by atoms with van der Waals surface area (Å²) in [5.41, 5.74) is 4.33. The predicted octanol–water partition coefficient (Wildman–Crippen LogP) is 4.28. The number of benzene rings is 1. The van der Waals surface area contributed by atoms with Crippen LogP contribution in [0.1, 0.15) is 83.7 Å². The molecule has 0 unspecified atom stereocenters. The van der Waals surface area contributed by atoms with Gasteiger partial charge in [0.15, 0.2) is 6.61 Å². The van der Waals surface area contributed by atoms with Gasteiger partial charge < -0.3 is 14.6 Å². The molecule has 1 amide bonds. The van der Waals surface area contributed by atoms with E-state index in [1.165, 1.54) is 0 Å². The molecule has 1 saturated carbocycles. The van der Waals surface area contributed by atoms with Gasteiger partial charge in [0.05, 0.1) is 6.42 Å². The van der Waals surface area contributed by atoms with E-state index in [4.69, 9.17) is 4.74 Å². The number of ether oxygens (including phenoxy) is 1. The molecular formula is C25H32N2O4. The maximum absolute atomic E-state index is 12.5. The molecular weight excluding hydrogens is 392 g/mol. The standard InChI is InChI=1S/C25H32N2O4/c1-16-14-21(17(2)27(16)20-10-11-20)22(28)15-31-23(29)12-13-26-24(30)18-6-8-19(9-7-18)25(3,4)5/h6-9,14,20H,10-13,15H2,1-5H3,(H,26,30). The van der Waals surface area contributed by atoms with Crippen molar-refractivity contribution in [1.82, 2.24) is 9.88 Å². The number of aromatic nitrogens is 1. The van der Waals surface area contributed by atoms with E-state index in [-0.39, 0.29) is 36.7 Å². The minimum atomic E-state index is -0.507. The fourth-order valence-electron chi connectivity index (χ4n) is 3.75. The fourth-order valence-corrected chi connectivity index (χ4v) is 3.75. The van der Waals surface area contributed by atoms with Crippen molar-refractivity contribution in [3.63, 3.8) is 0 Å². The van der Waals surface area contributed by atoms with E-state index < -0.39 is 5.97 Å². The first-order chi connectivity index (χ1) is 14.6. The molecule has 1 N–H and O–H groups in total. The summed E-state index contributed by atoms with van der Waals surface area (Å²) in [7, 11) is 0. The first-order valence-electron chi connectivity index (χ1n) is 10.8. The Labute approximate surface area is 184 Å². The summed E-state index contributed by atoms with van der Waals surface area (Å²) in [6, 6.07) is 9.81. The minimum absolute atomic E-state index is 0.0141. The summed E-state index contributed by atoms with van der Waals surface area (Å²) in [4.78, 5) is 36.7. The van der Waals surface area contributed by atoms with Gasteiger partial charge in [0.2, 0.25) is 5.78 Å². The zero-order valence-corrected chi connectivity index (χ0v) is 19.1. The molecule has 0 saturated heterocycles. The number of nitrogens with zero attached hydrogens (tertiary/aromatic N) is 1. The van der Waals surface area contributed by atoms with E-state index in [1.54, 1.807) is 12.1 Å². The van der Waals surface area contributed by atoms with E-state index >= 15 is 0 Å². The number of esters is 1. The van der Waals surface area contributed by atoms with Crippen LogP contribution < -0.4 is 5.32 Å². The van der Waals surface area contributed by atoms with Crippen LogP contribution in [-0.2, 0) is 14.9 Å². The molecule has 0 radical (unpaired) electrons. The van der Waals surface area contributed by atoms with Gasteiger partial charge in [-0.15, -0.1) is 0 Å². The summed E-state index contributed by atoms with van der Waals surface area (Å²) in [5, 5.41) is 2.72. The number of carbonyl (C=O) groups is 3. The number of amides is 1. The normalized spacial score (nSPS) is 13.7. The first kappa shape index (κ1) is 22.8. The van der Waals surface area contributed by atoms with Crippen LogP contribution in [0.5, 0.6) is 0 Å². The van der Waals surface area contributed by atoms with Crippen molar-refractivity contribution in [2.24, 2.45) is 0 Å². The fraction of sp³-hybridized carbons (Fsp3) is 0.480. The average molecular weight is 425 g/mol. The van der Waals surface area contributed by atoms with Crippen LogP contribution in [0, 0.1) is 13.8 Å². The van der Waals surface area contributed by atoms with Crippen molar-refractivity contribution in [3.8, 4) is 0 Å². The lowest BCUT2D eigenvalue weighted by molar-refractivity contribution is -0.142. The molecule has 0 aliphatic heterocycles. The Morgan fingerprint density at radius 3 is 2.32 bits per heavy atom. The zero-order valence-electron chi connectivity index (χ0n) is 19.1. The second-order valence-corrected chi connectivity index (χ2v) is 9.30. The van der Waals surface area contributed by atoms with E-state index in [1.807, 2.05) is 32.0 Å². The minimum Gasteiger partial charge on any atom is -0.457 e. The Morgan fingerprint density at radius 2 is 1.74 bits per heavy atom. The van der Waals surface area contributed by atoms with Crippen molar-refractivity contribution >= 4 is 17.7 Å². The maximum Gasteiger partial charge on any atom is 0.308 e. The SMILES string of the molecule is Cc1cc(C(=O)COC(=O)CCNC(=O)c2ccc(C(C)(C)C)cc2)c(C)n1C1CC1. The molecule has 1 aromatic carbocycles. The second-order valence-electron chi connectivity index (χ2n) is 9.30. The maximum atomic E-state index is 12.5. The molecule has 2 aromatic rings. The lowest BCUT2D eigenvalue weighted by Gasteiger charge is -2.19. The molecule has 1 aromatic heterocycles. The summed E-state index contributed by atoms with van der Waals surface area (Å²) in [5.74, 6) is -0.944. The second kappa shape index (κ2) is 9.08. The summed E-state index contributed by atoms with van der Waals surface area (Å²) in [6.07, 6.45) is 2.30. The van der Waals surface area contributed by atoms with Crippen molar-refractivity contribution < 1.29 is 19.1 Å². The third-order valence-corrected chi connectivity index (χ3v) is 5.69. The van der Waals surface area contributed by atoms with E-state index in [0.29, 0.717) is 17.2 Å². The van der Waals surface area contributed by atoms with Crippen LogP contribution in [0.25, 0.3) is 0 Å². The topological polar surface area (TPSA) is 77.4 Å². The zero-order chi connectivity index (χ0) is 22.8. The van der Waals surface area contributed by atoms with Gasteiger partial charge in [-0.05, 0) is 55.9 Å². The van der Waals surface area contributed by atoms with Gasteiger partial charge in [0.25, 0.3) is 5.91 Å². The van der Waals surface area contributed by atoms with Gasteiger partial charge in [0, 0.05) is 35.1 Å². The highest BCUT2D eigenvalue weighted by atomic mass is 16.5. The number of aryl methyl sites for hydroxylation is 1. The smallest absolute Gasteiger partial charge is 0.308 e. The molecule has 0 atom stereocenters. The molecule has 3 rings (SSSR count). The molecule has 0 bridgehead atoms. The van der Waals surface area contributed by atoms with Crippen LogP contribution in [0.15, 0.2) is 30.3 Å². The molecule has 31 heavy (non-hydrogen) atoms. The van der Waals surface area contributed by atoms with Crippen LogP contribution in [0.4, 0.5) is 0 Å². The summed E-state index contributed by atoms with van der Waals surface area (Å²) in [6.45, 7) is 10.1. The Kier molecular flexibility index (Phi) is 6.68. The molecule has 0 spiro atoms. The third-order valence-electron chi connectivity index (χ3n) is 5.69. The highest BCUT2D eigenvalue weighted by molar-refractivity contribution is 5.99. The van der Waals surface area contributed by atoms with E-state index in [0.717, 1.165) is 29.8 Å². The highest BCUT2D eigenvalue weighted by Gasteiger charge is 2.28. The molecule has 1 heterocycles. The number of rotatable bonds is 8. The number of hydrogen-bond donors (Lipinski definition) is 1. The van der Waals surface area contributed by atoms with Gasteiger partial charge in [0.1, 0.15) is 0 Å². The molecule has 6 nitrogen and oxygen atoms in total. The monoisotopic (exact) mass is 424 g/mol. The lowest BCUT2D eigenvalue weighted by Crippen LogP contribution is -2.27. The number of Topliss-reactive ketones (excluding diaryl/α,β-unsaturated/α-hetero) is 1. The predicted molar refractivity (Wildman–Crippen MR) is 120 cm³/mol. The van der Waals surface area contributed by atoms with Crippen LogP contribution >= 0.6 is 0 Å². The van der Waals surface area contributed by atoms with Gasteiger partial charge in [-0.2, -0.15) is 0 Å². The number of carbonyl (C=O) groups excluding carboxylic acids is 3. The Balaban J connectivity index is 1.43. The number of nitrogens with one attached hydrogen (secondary N) is 1. The van der Waals surface area contributed by atoms with Gasteiger partial charge >= 0.3 is 5.97 Å². The van der Waals surface area contributed by atoms with Gasteiger partial charge in [-0.25, -0.2) is 0 Å². The number of ketones is 1. The highest BCUT2D eigenvalue weighted by Crippen LogP contribution is 2.38. The summed E-state index contributed by atoms with van der Waals surface area (Å²) >= 11 is 0. The average Bonchev–Trinajstić information content (AvgIpc) is 3.50. The first-order valence-corrected chi connectivity index (χ1v) is 10.8. The largest absolute Gasteiger partial charge is 0.457 e. The third kappa shape index (κ3) is 5.63. The summed E-state index contributed by atoms with van der Waals surface area (Å²) < 4.78 is 7.32. The van der Waals surface area contributed by atoms with Crippen molar-refractivity contribution in [1.29, 1.82) is 0 Å². The van der Waals surface area contributed by atoms with Crippen molar-refractivity contribution in [3.05, 3.63) is 58.4 Å². The molecule has 1 aliphatic carbocycles. The Hall–Kier alpha value is -2.89. The molecule has 166 valence electrons. The van der Waals surface area contributed by atoms with E-state index in [2.05, 4.69) is 30.7 Å². The van der Waals surface area contributed by atoms with E-state index in [9.17, 15) is 14.4 Å². The molecule has 6 heteroatoms. The van der Waals surface area contributed by atoms with Crippen LogP contribution in [0.3, 0.4) is 0 Å². The quantitative estimate of drug-likeness (QED) is 0.507. The molecule has 1 fully saturated rings. The van der Waals surface area contributed by atoms with Gasteiger partial charge in [-0.1, -0.05) is 32.9 Å². The van der Waals surface area contributed by atoms with Crippen molar-refractivity contribution in [2.75, 3.05) is 13.2 Å². The Morgan fingerprint density at radius 1 is 1.10 bits per heavy atom. The van der Waals surface area contributed by atoms with Crippen LogP contribution in [-0.4, -0.2) is 35.4 Å². The van der Waals surface area contributed by atoms with Gasteiger partial charge in [-0.3, -0.25) is 14.4 Å². The van der Waals surface area contributed by atoms with Crippen LogP contribution in [0.2, 0.25) is 0 Å². The number of hydrogen-bond acceptors (Lipinski definition) is 4. The lowest BCUT2D eigenvalue weighted by atomic mass is 9.87. The Bertz CT molecular complexity index is 976. The molecule has 1 aliphatic rings.